The zero-order valence-electron chi connectivity index (χ0n) is 7.09. The van der Waals surface area contributed by atoms with E-state index in [2.05, 4.69) is 25.2 Å². The first-order chi connectivity index (χ1) is 5.33. The van der Waals surface area contributed by atoms with Crippen molar-refractivity contribution in [3.05, 3.63) is 23.8 Å². The molecule has 1 aliphatic carbocycles. The van der Waals surface area contributed by atoms with Crippen molar-refractivity contribution in [2.45, 2.75) is 26.2 Å². The Labute approximate surface area is 68.4 Å². The smallest absolute Gasteiger partial charge is 0.0433 e. The molecule has 1 rings (SSSR count). The minimum absolute atomic E-state index is 0.321. The van der Waals surface area contributed by atoms with E-state index in [1.165, 1.54) is 5.57 Å². The summed E-state index contributed by atoms with van der Waals surface area (Å²) in [6, 6.07) is 0. The molecule has 62 valence electrons. The fourth-order valence-corrected chi connectivity index (χ4v) is 1.41. The van der Waals surface area contributed by atoms with Crippen LogP contribution in [0.3, 0.4) is 0 Å². The predicted octanol–water partition coefficient (Wildman–Crippen LogP) is 2.28. The van der Waals surface area contributed by atoms with Gasteiger partial charge in [0.25, 0.3) is 0 Å². The van der Waals surface area contributed by atoms with Gasteiger partial charge < -0.3 is 5.11 Å². The topological polar surface area (TPSA) is 20.2 Å². The van der Waals surface area contributed by atoms with E-state index in [9.17, 15) is 0 Å². The Bertz CT molecular complexity index is 168. The molecule has 11 heavy (non-hydrogen) atoms. The molecule has 0 saturated heterocycles. The minimum Gasteiger partial charge on any atom is -0.396 e. The van der Waals surface area contributed by atoms with Gasteiger partial charge >= 0.3 is 0 Å². The van der Waals surface area contributed by atoms with E-state index < -0.39 is 0 Å². The molecule has 0 fully saturated rings. The Hall–Kier alpha value is -0.560. The summed E-state index contributed by atoms with van der Waals surface area (Å²) in [5, 5.41) is 8.68. The molecule has 1 atom stereocenters. The molecule has 0 aromatic carbocycles. The van der Waals surface area contributed by atoms with Crippen LogP contribution in [-0.4, -0.2) is 11.7 Å². The Balaban J connectivity index is 2.20. The zero-order valence-corrected chi connectivity index (χ0v) is 7.09. The molecule has 1 nitrogen and oxygen atoms in total. The Morgan fingerprint density at radius 1 is 1.64 bits per heavy atom. The lowest BCUT2D eigenvalue weighted by Crippen LogP contribution is -1.98. The van der Waals surface area contributed by atoms with Crippen molar-refractivity contribution in [2.24, 2.45) is 5.92 Å². The second-order valence-electron chi connectivity index (χ2n) is 3.28. The van der Waals surface area contributed by atoms with Crippen LogP contribution in [0.25, 0.3) is 0 Å². The number of hydrogen-bond acceptors (Lipinski definition) is 1. The SMILES string of the molecule is CC(CCO)CC1=CC=CC1. The van der Waals surface area contributed by atoms with Crippen molar-refractivity contribution in [1.82, 2.24) is 0 Å². The lowest BCUT2D eigenvalue weighted by molar-refractivity contribution is 0.262. The molecule has 0 saturated carbocycles. The van der Waals surface area contributed by atoms with Crippen LogP contribution in [0.2, 0.25) is 0 Å². The summed E-state index contributed by atoms with van der Waals surface area (Å²) in [6.45, 7) is 2.51. The summed E-state index contributed by atoms with van der Waals surface area (Å²) in [4.78, 5) is 0. The van der Waals surface area contributed by atoms with Gasteiger partial charge in [-0.15, -0.1) is 0 Å². The van der Waals surface area contributed by atoms with Crippen LogP contribution in [0.5, 0.6) is 0 Å². The summed E-state index contributed by atoms with van der Waals surface area (Å²) in [6.07, 6.45) is 9.68. The van der Waals surface area contributed by atoms with Crippen LogP contribution in [0.4, 0.5) is 0 Å². The first-order valence-corrected chi connectivity index (χ1v) is 4.28. The summed E-state index contributed by atoms with van der Waals surface area (Å²) >= 11 is 0. The molecule has 1 N–H and O–H groups in total. The summed E-state index contributed by atoms with van der Waals surface area (Å²) in [7, 11) is 0. The summed E-state index contributed by atoms with van der Waals surface area (Å²) in [5.41, 5.74) is 1.51. The molecule has 0 aromatic heterocycles. The second-order valence-corrected chi connectivity index (χ2v) is 3.28. The van der Waals surface area contributed by atoms with Gasteiger partial charge in [0, 0.05) is 6.61 Å². The first-order valence-electron chi connectivity index (χ1n) is 4.28. The highest BCUT2D eigenvalue weighted by Gasteiger charge is 2.05. The Morgan fingerprint density at radius 2 is 2.45 bits per heavy atom. The lowest BCUT2D eigenvalue weighted by atomic mass is 9.98. The standard InChI is InChI=1S/C10H16O/c1-9(6-7-11)8-10-4-2-3-5-10/h2-4,9,11H,5-8H2,1H3. The number of aliphatic hydroxyl groups is 1. The number of rotatable bonds is 4. The summed E-state index contributed by atoms with van der Waals surface area (Å²) in [5.74, 6) is 0.631. The highest BCUT2D eigenvalue weighted by Crippen LogP contribution is 2.20. The van der Waals surface area contributed by atoms with E-state index >= 15 is 0 Å². The molecule has 0 bridgehead atoms. The molecule has 0 spiro atoms. The van der Waals surface area contributed by atoms with Gasteiger partial charge in [0.15, 0.2) is 0 Å². The van der Waals surface area contributed by atoms with Gasteiger partial charge in [0.05, 0.1) is 0 Å². The van der Waals surface area contributed by atoms with Crippen molar-refractivity contribution < 1.29 is 5.11 Å². The summed E-state index contributed by atoms with van der Waals surface area (Å²) < 4.78 is 0. The van der Waals surface area contributed by atoms with Crippen molar-refractivity contribution >= 4 is 0 Å². The maximum absolute atomic E-state index is 8.68. The Morgan fingerprint density at radius 3 is 3.00 bits per heavy atom. The van der Waals surface area contributed by atoms with Gasteiger partial charge in [-0.2, -0.15) is 0 Å². The number of hydrogen-bond donors (Lipinski definition) is 1. The maximum Gasteiger partial charge on any atom is 0.0433 e. The normalized spacial score (nSPS) is 18.5. The van der Waals surface area contributed by atoms with E-state index in [1.807, 2.05) is 0 Å². The highest BCUT2D eigenvalue weighted by molar-refractivity contribution is 5.22. The van der Waals surface area contributed by atoms with Gasteiger partial charge in [-0.1, -0.05) is 30.7 Å². The van der Waals surface area contributed by atoms with E-state index in [1.54, 1.807) is 0 Å². The van der Waals surface area contributed by atoms with Crippen molar-refractivity contribution in [2.75, 3.05) is 6.61 Å². The lowest BCUT2D eigenvalue weighted by Gasteiger charge is -2.09. The molecular weight excluding hydrogens is 136 g/mol. The minimum atomic E-state index is 0.321. The van der Waals surface area contributed by atoms with Gasteiger partial charge in [-0.3, -0.25) is 0 Å². The molecule has 0 amide bonds. The third-order valence-corrected chi connectivity index (χ3v) is 2.08. The fraction of sp³-hybridized carbons (Fsp3) is 0.600. The van der Waals surface area contributed by atoms with E-state index in [-0.39, 0.29) is 0 Å². The van der Waals surface area contributed by atoms with E-state index in [0.29, 0.717) is 12.5 Å². The van der Waals surface area contributed by atoms with Gasteiger partial charge in [0.2, 0.25) is 0 Å². The molecule has 0 radical (unpaired) electrons. The number of aliphatic hydroxyl groups excluding tert-OH is 1. The van der Waals surface area contributed by atoms with Crippen molar-refractivity contribution in [3.8, 4) is 0 Å². The molecule has 0 aliphatic heterocycles. The average Bonchev–Trinajstić information content (AvgIpc) is 2.40. The van der Waals surface area contributed by atoms with Crippen LogP contribution < -0.4 is 0 Å². The molecular formula is C10H16O. The quantitative estimate of drug-likeness (QED) is 0.655. The molecule has 1 aliphatic rings. The number of allylic oxidation sites excluding steroid dienone is 4. The van der Waals surface area contributed by atoms with Crippen LogP contribution in [0.1, 0.15) is 26.2 Å². The van der Waals surface area contributed by atoms with Gasteiger partial charge in [-0.25, -0.2) is 0 Å². The highest BCUT2D eigenvalue weighted by atomic mass is 16.2. The molecule has 1 heteroatoms. The van der Waals surface area contributed by atoms with Gasteiger partial charge in [-0.05, 0) is 25.2 Å². The Kier molecular flexibility index (Phi) is 3.37. The van der Waals surface area contributed by atoms with Crippen LogP contribution in [0, 0.1) is 5.92 Å². The van der Waals surface area contributed by atoms with Crippen molar-refractivity contribution in [3.63, 3.8) is 0 Å². The van der Waals surface area contributed by atoms with Crippen LogP contribution >= 0.6 is 0 Å². The van der Waals surface area contributed by atoms with Crippen LogP contribution in [0.15, 0.2) is 23.8 Å². The molecule has 0 aromatic rings. The fourth-order valence-electron chi connectivity index (χ4n) is 1.41. The van der Waals surface area contributed by atoms with Crippen molar-refractivity contribution in [1.29, 1.82) is 0 Å². The largest absolute Gasteiger partial charge is 0.396 e. The molecule has 1 unspecified atom stereocenters. The van der Waals surface area contributed by atoms with E-state index in [4.69, 9.17) is 5.11 Å². The first kappa shape index (κ1) is 8.54. The van der Waals surface area contributed by atoms with Crippen LogP contribution in [-0.2, 0) is 0 Å². The third kappa shape index (κ3) is 2.89. The second kappa shape index (κ2) is 4.35. The van der Waals surface area contributed by atoms with E-state index in [0.717, 1.165) is 19.3 Å². The van der Waals surface area contributed by atoms with Gasteiger partial charge in [0.1, 0.15) is 0 Å². The monoisotopic (exact) mass is 152 g/mol. The average molecular weight is 152 g/mol. The predicted molar refractivity (Wildman–Crippen MR) is 47.3 cm³/mol. The molecule has 0 heterocycles. The third-order valence-electron chi connectivity index (χ3n) is 2.08. The maximum atomic E-state index is 8.68. The zero-order chi connectivity index (χ0) is 8.10.